The van der Waals surface area contributed by atoms with Crippen LogP contribution in [0.15, 0.2) is 12.4 Å². The molecule has 0 aromatic carbocycles. The molecule has 1 aromatic rings. The summed E-state index contributed by atoms with van der Waals surface area (Å²) in [5, 5.41) is 2.95. The monoisotopic (exact) mass is 232 g/mol. The molecule has 1 amide bonds. The van der Waals surface area contributed by atoms with E-state index in [1.165, 1.54) is 38.1 Å². The summed E-state index contributed by atoms with van der Waals surface area (Å²) in [6, 6.07) is 0. The molecule has 1 aromatic heterocycles. The lowest BCUT2D eigenvalue weighted by Gasteiger charge is -2.14. The van der Waals surface area contributed by atoms with Crippen molar-refractivity contribution in [3.8, 4) is 0 Å². The summed E-state index contributed by atoms with van der Waals surface area (Å²) in [5.41, 5.74) is 6.20. The van der Waals surface area contributed by atoms with Gasteiger partial charge in [0.25, 0.3) is 5.91 Å². The lowest BCUT2D eigenvalue weighted by Crippen LogP contribution is -2.31. The van der Waals surface area contributed by atoms with Crippen molar-refractivity contribution in [1.29, 1.82) is 0 Å². The van der Waals surface area contributed by atoms with Crippen molar-refractivity contribution in [2.75, 3.05) is 12.3 Å². The number of hydrogen-bond donors (Lipinski definition) is 2. The van der Waals surface area contributed by atoms with Crippen molar-refractivity contribution in [1.82, 2.24) is 15.3 Å². The molecule has 2 aliphatic carbocycles. The molecule has 2 aliphatic rings. The van der Waals surface area contributed by atoms with E-state index in [1.54, 1.807) is 0 Å². The Morgan fingerprint density at radius 3 is 2.82 bits per heavy atom. The number of anilines is 1. The summed E-state index contributed by atoms with van der Waals surface area (Å²) in [6.07, 6.45) is 8.04. The van der Waals surface area contributed by atoms with Crippen LogP contribution in [-0.2, 0) is 0 Å². The van der Waals surface area contributed by atoms with Crippen molar-refractivity contribution in [2.45, 2.75) is 25.7 Å². The second kappa shape index (κ2) is 3.68. The van der Waals surface area contributed by atoms with Gasteiger partial charge in [0.15, 0.2) is 0 Å². The summed E-state index contributed by atoms with van der Waals surface area (Å²) in [6.45, 7) is 0.771. The minimum absolute atomic E-state index is 0.170. The normalized spacial score (nSPS) is 20.9. The zero-order valence-corrected chi connectivity index (χ0v) is 9.65. The van der Waals surface area contributed by atoms with E-state index in [1.807, 2.05) is 0 Å². The first-order valence-corrected chi connectivity index (χ1v) is 6.05. The molecule has 0 radical (unpaired) electrons. The van der Waals surface area contributed by atoms with Crippen molar-refractivity contribution in [2.24, 2.45) is 11.3 Å². The van der Waals surface area contributed by atoms with Crippen LogP contribution in [0.1, 0.15) is 36.2 Å². The first kappa shape index (κ1) is 10.5. The van der Waals surface area contributed by atoms with Crippen LogP contribution in [0.5, 0.6) is 0 Å². The molecule has 5 nitrogen and oxygen atoms in total. The van der Waals surface area contributed by atoms with E-state index in [4.69, 9.17) is 5.73 Å². The summed E-state index contributed by atoms with van der Waals surface area (Å²) in [5.74, 6) is 0.951. The predicted molar refractivity (Wildman–Crippen MR) is 63.2 cm³/mol. The minimum atomic E-state index is -0.170. The molecule has 0 atom stereocenters. The second-order valence-electron chi connectivity index (χ2n) is 5.15. The lowest BCUT2D eigenvalue weighted by molar-refractivity contribution is 0.0937. The molecule has 90 valence electrons. The van der Waals surface area contributed by atoms with Crippen LogP contribution in [-0.4, -0.2) is 22.4 Å². The Bertz CT molecular complexity index is 452. The van der Waals surface area contributed by atoms with Gasteiger partial charge >= 0.3 is 0 Å². The largest absolute Gasteiger partial charge is 0.382 e. The van der Waals surface area contributed by atoms with Crippen LogP contribution in [0.2, 0.25) is 0 Å². The molecule has 0 spiro atoms. The molecule has 3 rings (SSSR count). The number of rotatable bonds is 4. The number of nitrogen functional groups attached to an aromatic ring is 1. The fourth-order valence-electron chi connectivity index (χ4n) is 2.42. The number of carbonyl (C=O) groups is 1. The zero-order chi connectivity index (χ0) is 11.9. The van der Waals surface area contributed by atoms with Gasteiger partial charge in [0, 0.05) is 6.54 Å². The Labute approximate surface area is 99.8 Å². The van der Waals surface area contributed by atoms with Crippen molar-refractivity contribution >= 4 is 11.7 Å². The van der Waals surface area contributed by atoms with Gasteiger partial charge in [-0.15, -0.1) is 0 Å². The van der Waals surface area contributed by atoms with E-state index in [9.17, 15) is 4.79 Å². The molecular formula is C12H16N4O. The highest BCUT2D eigenvalue weighted by Crippen LogP contribution is 2.60. The van der Waals surface area contributed by atoms with Crippen molar-refractivity contribution in [3.05, 3.63) is 18.1 Å². The minimum Gasteiger partial charge on any atom is -0.382 e. The first-order valence-electron chi connectivity index (χ1n) is 6.05. The van der Waals surface area contributed by atoms with Crippen LogP contribution in [0.3, 0.4) is 0 Å². The number of nitrogens with one attached hydrogen (secondary N) is 1. The van der Waals surface area contributed by atoms with E-state index in [0.717, 1.165) is 12.5 Å². The van der Waals surface area contributed by atoms with E-state index in [2.05, 4.69) is 15.3 Å². The van der Waals surface area contributed by atoms with Gasteiger partial charge in [-0.25, -0.2) is 4.98 Å². The van der Waals surface area contributed by atoms with E-state index in [-0.39, 0.29) is 11.7 Å². The van der Waals surface area contributed by atoms with E-state index in [0.29, 0.717) is 11.1 Å². The smallest absolute Gasteiger partial charge is 0.271 e. The molecule has 1 heterocycles. The van der Waals surface area contributed by atoms with Gasteiger partial charge in [0.2, 0.25) is 0 Å². The molecule has 0 aliphatic heterocycles. The van der Waals surface area contributed by atoms with Crippen LogP contribution in [0.25, 0.3) is 0 Å². The highest BCUT2D eigenvalue weighted by molar-refractivity contribution is 5.92. The fraction of sp³-hybridized carbons (Fsp3) is 0.583. The van der Waals surface area contributed by atoms with Crippen molar-refractivity contribution < 1.29 is 4.79 Å². The number of carbonyl (C=O) groups excluding carboxylic acids is 1. The third-order valence-corrected chi connectivity index (χ3v) is 3.82. The molecule has 3 N–H and O–H groups in total. The molecule has 2 fully saturated rings. The highest BCUT2D eigenvalue weighted by atomic mass is 16.1. The Kier molecular flexibility index (Phi) is 2.28. The zero-order valence-electron chi connectivity index (χ0n) is 9.65. The Hall–Kier alpha value is -1.65. The van der Waals surface area contributed by atoms with Crippen LogP contribution in [0.4, 0.5) is 5.82 Å². The summed E-state index contributed by atoms with van der Waals surface area (Å²) < 4.78 is 0. The molecule has 0 bridgehead atoms. The highest BCUT2D eigenvalue weighted by Gasteiger charge is 2.53. The Balaban J connectivity index is 1.60. The Morgan fingerprint density at radius 2 is 2.24 bits per heavy atom. The Morgan fingerprint density at radius 1 is 1.47 bits per heavy atom. The summed E-state index contributed by atoms with van der Waals surface area (Å²) in [4.78, 5) is 19.7. The lowest BCUT2D eigenvalue weighted by atomic mass is 10.0. The number of aromatic nitrogens is 2. The van der Waals surface area contributed by atoms with Crippen LogP contribution in [0, 0.1) is 11.3 Å². The van der Waals surface area contributed by atoms with E-state index < -0.39 is 0 Å². The predicted octanol–water partition coefficient (Wildman–Crippen LogP) is 0.979. The van der Waals surface area contributed by atoms with Gasteiger partial charge in [-0.2, -0.15) is 0 Å². The van der Waals surface area contributed by atoms with E-state index >= 15 is 0 Å². The number of nitrogens with zero attached hydrogens (tertiary/aromatic N) is 2. The molecule has 2 saturated carbocycles. The topological polar surface area (TPSA) is 80.9 Å². The van der Waals surface area contributed by atoms with Gasteiger partial charge in [0.1, 0.15) is 11.5 Å². The maximum absolute atomic E-state index is 11.8. The maximum atomic E-state index is 11.8. The van der Waals surface area contributed by atoms with Crippen LogP contribution < -0.4 is 11.1 Å². The van der Waals surface area contributed by atoms with Gasteiger partial charge in [-0.1, -0.05) is 0 Å². The molecule has 17 heavy (non-hydrogen) atoms. The molecule has 0 unspecified atom stereocenters. The second-order valence-corrected chi connectivity index (χ2v) is 5.15. The molecule has 0 saturated heterocycles. The number of nitrogens with two attached hydrogens (primary N) is 1. The van der Waals surface area contributed by atoms with Crippen LogP contribution >= 0.6 is 0 Å². The number of amides is 1. The third kappa shape index (κ3) is 2.09. The SMILES string of the molecule is Nc1cncc(C(=O)NCC2(C3CC3)CC2)n1. The standard InChI is InChI=1S/C12H16N4O/c13-10-6-14-5-9(16-10)11(17)15-7-12(3-4-12)8-1-2-8/h5-6,8H,1-4,7H2,(H2,13,16)(H,15,17). The number of hydrogen-bond acceptors (Lipinski definition) is 4. The van der Waals surface area contributed by atoms with Gasteiger partial charge in [0.05, 0.1) is 12.4 Å². The summed E-state index contributed by atoms with van der Waals surface area (Å²) >= 11 is 0. The quantitative estimate of drug-likeness (QED) is 0.810. The first-order chi connectivity index (χ1) is 8.20. The van der Waals surface area contributed by atoms with Gasteiger partial charge in [-0.05, 0) is 37.0 Å². The molecular weight excluding hydrogens is 216 g/mol. The fourth-order valence-corrected chi connectivity index (χ4v) is 2.42. The maximum Gasteiger partial charge on any atom is 0.271 e. The average molecular weight is 232 g/mol. The van der Waals surface area contributed by atoms with Gasteiger partial charge < -0.3 is 11.1 Å². The molecule has 5 heteroatoms. The third-order valence-electron chi connectivity index (χ3n) is 3.82. The summed E-state index contributed by atoms with van der Waals surface area (Å²) in [7, 11) is 0. The average Bonchev–Trinajstić information content (AvgIpc) is 3.15. The van der Waals surface area contributed by atoms with Gasteiger partial charge in [-0.3, -0.25) is 9.78 Å². The van der Waals surface area contributed by atoms with Crippen molar-refractivity contribution in [3.63, 3.8) is 0 Å².